The van der Waals surface area contributed by atoms with Crippen molar-refractivity contribution in [2.45, 2.75) is 6.42 Å². The van der Waals surface area contributed by atoms with Gasteiger partial charge in [-0.25, -0.2) is 4.79 Å². The fourth-order valence-corrected chi connectivity index (χ4v) is 1.54. The smallest absolute Gasteiger partial charge is 0.337 e. The van der Waals surface area contributed by atoms with Crippen LogP contribution in [0.2, 0.25) is 5.02 Å². The van der Waals surface area contributed by atoms with Crippen molar-refractivity contribution in [3.05, 3.63) is 46.6 Å². The van der Waals surface area contributed by atoms with E-state index in [2.05, 4.69) is 0 Å². The molecule has 0 fully saturated rings. The van der Waals surface area contributed by atoms with Gasteiger partial charge in [-0.15, -0.1) is 0 Å². The zero-order chi connectivity index (χ0) is 12.1. The number of hydrogen-bond acceptors (Lipinski definition) is 2. The monoisotopic (exact) mass is 239 g/mol. The summed E-state index contributed by atoms with van der Waals surface area (Å²) in [7, 11) is 3.88. The predicted octanol–water partition coefficient (Wildman–Crippen LogP) is 2.66. The first-order chi connectivity index (χ1) is 7.50. The maximum atomic E-state index is 10.7. The molecule has 0 bridgehead atoms. The number of carboxylic acids is 1. The fraction of sp³-hybridized carbons (Fsp3) is 0.250. The first kappa shape index (κ1) is 12.6. The number of carbonyl (C=O) groups is 1. The lowest BCUT2D eigenvalue weighted by Crippen LogP contribution is -2.00. The first-order valence-corrected chi connectivity index (χ1v) is 5.23. The molecule has 0 aliphatic carbocycles. The van der Waals surface area contributed by atoms with Crippen LogP contribution in [-0.4, -0.2) is 30.1 Å². The Bertz CT molecular complexity index is 413. The maximum absolute atomic E-state index is 10.7. The topological polar surface area (TPSA) is 40.5 Å². The van der Waals surface area contributed by atoms with Crippen LogP contribution in [0, 0.1) is 0 Å². The van der Waals surface area contributed by atoms with Crippen LogP contribution in [-0.2, 0) is 6.42 Å². The number of rotatable bonds is 4. The third-order valence-electron chi connectivity index (χ3n) is 2.02. The lowest BCUT2D eigenvalue weighted by atomic mass is 10.1. The van der Waals surface area contributed by atoms with E-state index < -0.39 is 5.97 Å². The van der Waals surface area contributed by atoms with Gasteiger partial charge in [-0.3, -0.25) is 0 Å². The highest BCUT2D eigenvalue weighted by molar-refractivity contribution is 6.33. The van der Waals surface area contributed by atoms with E-state index in [1.165, 1.54) is 6.07 Å². The van der Waals surface area contributed by atoms with Gasteiger partial charge in [0.2, 0.25) is 0 Å². The van der Waals surface area contributed by atoms with Gasteiger partial charge in [0, 0.05) is 14.1 Å². The molecule has 0 saturated carbocycles. The van der Waals surface area contributed by atoms with Crippen molar-refractivity contribution in [2.75, 3.05) is 14.1 Å². The zero-order valence-corrected chi connectivity index (χ0v) is 10.0. The molecular weight excluding hydrogens is 226 g/mol. The summed E-state index contributed by atoms with van der Waals surface area (Å²) in [5.74, 6) is -1.000. The molecule has 0 saturated heterocycles. The van der Waals surface area contributed by atoms with E-state index in [1.807, 2.05) is 31.3 Å². The van der Waals surface area contributed by atoms with Crippen LogP contribution in [0.4, 0.5) is 0 Å². The minimum Gasteiger partial charge on any atom is -0.478 e. The molecule has 86 valence electrons. The molecule has 0 radical (unpaired) electrons. The summed E-state index contributed by atoms with van der Waals surface area (Å²) in [6.07, 6.45) is 4.67. The summed E-state index contributed by atoms with van der Waals surface area (Å²) in [6, 6.07) is 4.99. The third kappa shape index (κ3) is 3.59. The van der Waals surface area contributed by atoms with Gasteiger partial charge in [0.25, 0.3) is 0 Å². The molecule has 3 nitrogen and oxygen atoms in total. The van der Waals surface area contributed by atoms with Crippen LogP contribution >= 0.6 is 11.6 Å². The summed E-state index contributed by atoms with van der Waals surface area (Å²) in [5, 5.41) is 9.08. The molecule has 0 aliphatic rings. The van der Waals surface area contributed by atoms with E-state index in [4.69, 9.17) is 16.7 Å². The Kier molecular flexibility index (Phi) is 4.38. The second kappa shape index (κ2) is 5.56. The van der Waals surface area contributed by atoms with E-state index in [1.54, 1.807) is 12.1 Å². The lowest BCUT2D eigenvalue weighted by molar-refractivity contribution is 0.0697. The van der Waals surface area contributed by atoms with Crippen molar-refractivity contribution < 1.29 is 9.90 Å². The molecule has 0 atom stereocenters. The molecule has 1 aromatic rings. The van der Waals surface area contributed by atoms with Crippen molar-refractivity contribution in [3.8, 4) is 0 Å². The molecule has 0 heterocycles. The molecule has 0 spiro atoms. The quantitative estimate of drug-likeness (QED) is 0.878. The molecule has 0 aromatic heterocycles. The summed E-state index contributed by atoms with van der Waals surface area (Å²) in [6.45, 7) is 0. The molecule has 1 aromatic carbocycles. The number of allylic oxidation sites excluding steroid dienone is 1. The summed E-state index contributed by atoms with van der Waals surface area (Å²) >= 11 is 5.85. The second-order valence-electron chi connectivity index (χ2n) is 3.67. The Morgan fingerprint density at radius 1 is 1.50 bits per heavy atom. The van der Waals surface area contributed by atoms with Gasteiger partial charge in [-0.05, 0) is 30.3 Å². The van der Waals surface area contributed by atoms with Crippen LogP contribution in [0.1, 0.15) is 15.9 Å². The van der Waals surface area contributed by atoms with E-state index in [-0.39, 0.29) is 10.6 Å². The molecule has 0 unspecified atom stereocenters. The summed E-state index contributed by atoms with van der Waals surface area (Å²) < 4.78 is 0. The Balaban J connectivity index is 2.78. The first-order valence-electron chi connectivity index (χ1n) is 4.85. The van der Waals surface area contributed by atoms with E-state index in [9.17, 15) is 4.79 Å². The van der Waals surface area contributed by atoms with Gasteiger partial charge < -0.3 is 10.0 Å². The van der Waals surface area contributed by atoms with E-state index in [0.717, 1.165) is 12.0 Å². The number of halogens is 1. The molecular formula is C12H14ClNO2. The second-order valence-corrected chi connectivity index (χ2v) is 4.08. The average Bonchev–Trinajstić information content (AvgIpc) is 2.16. The van der Waals surface area contributed by atoms with Gasteiger partial charge in [0.1, 0.15) is 0 Å². The average molecular weight is 240 g/mol. The number of hydrogen-bond donors (Lipinski definition) is 1. The number of benzene rings is 1. The Morgan fingerprint density at radius 2 is 2.19 bits per heavy atom. The Labute approximate surface area is 100.0 Å². The van der Waals surface area contributed by atoms with E-state index >= 15 is 0 Å². The van der Waals surface area contributed by atoms with E-state index in [0.29, 0.717) is 0 Å². The highest BCUT2D eigenvalue weighted by Gasteiger charge is 2.07. The lowest BCUT2D eigenvalue weighted by Gasteiger charge is -2.04. The van der Waals surface area contributed by atoms with Gasteiger partial charge in [0.15, 0.2) is 0 Å². The molecule has 16 heavy (non-hydrogen) atoms. The molecule has 0 aliphatic heterocycles. The zero-order valence-electron chi connectivity index (χ0n) is 9.27. The molecule has 4 heteroatoms. The highest BCUT2D eigenvalue weighted by atomic mass is 35.5. The van der Waals surface area contributed by atoms with Crippen molar-refractivity contribution in [1.82, 2.24) is 4.90 Å². The van der Waals surface area contributed by atoms with Crippen LogP contribution in [0.15, 0.2) is 30.5 Å². The molecule has 1 rings (SSSR count). The third-order valence-corrected chi connectivity index (χ3v) is 2.33. The van der Waals surface area contributed by atoms with Gasteiger partial charge >= 0.3 is 5.97 Å². The van der Waals surface area contributed by atoms with Crippen molar-refractivity contribution in [2.24, 2.45) is 0 Å². The van der Waals surface area contributed by atoms with Crippen LogP contribution in [0.5, 0.6) is 0 Å². The number of carboxylic acid groups (broad SMARTS) is 1. The van der Waals surface area contributed by atoms with Gasteiger partial charge in [-0.1, -0.05) is 23.7 Å². The van der Waals surface area contributed by atoms with Crippen LogP contribution in [0.3, 0.4) is 0 Å². The SMILES string of the molecule is CN(C)C=CCc1ccc(C(=O)O)c(Cl)c1. The Morgan fingerprint density at radius 3 is 2.69 bits per heavy atom. The van der Waals surface area contributed by atoms with Crippen molar-refractivity contribution in [1.29, 1.82) is 0 Å². The maximum Gasteiger partial charge on any atom is 0.337 e. The molecule has 0 amide bonds. The number of aromatic carboxylic acids is 1. The number of nitrogens with zero attached hydrogens (tertiary/aromatic N) is 1. The van der Waals surface area contributed by atoms with Crippen LogP contribution in [0.25, 0.3) is 0 Å². The molecule has 1 N–H and O–H groups in total. The van der Waals surface area contributed by atoms with Gasteiger partial charge in [-0.2, -0.15) is 0 Å². The van der Waals surface area contributed by atoms with Crippen LogP contribution < -0.4 is 0 Å². The fourth-order valence-electron chi connectivity index (χ4n) is 1.26. The minimum atomic E-state index is -1.000. The summed E-state index contributed by atoms with van der Waals surface area (Å²) in [5.41, 5.74) is 1.13. The predicted molar refractivity (Wildman–Crippen MR) is 64.9 cm³/mol. The Hall–Kier alpha value is -1.48. The largest absolute Gasteiger partial charge is 0.478 e. The highest BCUT2D eigenvalue weighted by Crippen LogP contribution is 2.18. The van der Waals surface area contributed by atoms with Crippen molar-refractivity contribution in [3.63, 3.8) is 0 Å². The standard InChI is InChI=1S/C12H14ClNO2/c1-14(2)7-3-4-9-5-6-10(12(15)16)11(13)8-9/h3,5-8H,4H2,1-2H3,(H,15,16). The van der Waals surface area contributed by atoms with Gasteiger partial charge in [0.05, 0.1) is 10.6 Å². The minimum absolute atomic E-state index is 0.141. The summed E-state index contributed by atoms with van der Waals surface area (Å²) in [4.78, 5) is 12.7. The van der Waals surface area contributed by atoms with Crippen molar-refractivity contribution >= 4 is 17.6 Å². The normalized spacial score (nSPS) is 10.7.